The van der Waals surface area contributed by atoms with Crippen LogP contribution in [0.4, 0.5) is 0 Å². The average molecular weight is 405 g/mol. The molecule has 2 aromatic heterocycles. The highest BCUT2D eigenvalue weighted by Crippen LogP contribution is 2.37. The molecule has 0 radical (unpaired) electrons. The maximum absolute atomic E-state index is 13.4. The molecule has 0 aliphatic carbocycles. The molecule has 6 nitrogen and oxygen atoms in total. The summed E-state index contributed by atoms with van der Waals surface area (Å²) in [5, 5.41) is 0. The predicted molar refractivity (Wildman–Crippen MR) is 118 cm³/mol. The SMILES string of the molecule is COc1cc(C(=O)N(C)Cc2ccncc2)c(-c2ccc[nH]c2=O)cc1C(C)(C)C. The maximum Gasteiger partial charge on any atom is 0.255 e. The van der Waals surface area contributed by atoms with E-state index in [1.54, 1.807) is 55.8 Å². The number of pyridine rings is 2. The van der Waals surface area contributed by atoms with Crippen LogP contribution in [0.25, 0.3) is 11.1 Å². The molecule has 1 amide bonds. The molecule has 0 aliphatic heterocycles. The first kappa shape index (κ1) is 21.3. The molecule has 0 spiro atoms. The Kier molecular flexibility index (Phi) is 6.06. The lowest BCUT2D eigenvalue weighted by Gasteiger charge is -2.26. The zero-order valence-corrected chi connectivity index (χ0v) is 18.0. The Balaban J connectivity index is 2.15. The van der Waals surface area contributed by atoms with Crippen LogP contribution in [-0.4, -0.2) is 34.9 Å². The van der Waals surface area contributed by atoms with E-state index in [4.69, 9.17) is 4.74 Å². The number of methoxy groups -OCH3 is 1. The number of H-pyrrole nitrogens is 1. The van der Waals surface area contributed by atoms with Crippen molar-refractivity contribution in [3.8, 4) is 16.9 Å². The lowest BCUT2D eigenvalue weighted by Crippen LogP contribution is -2.27. The quantitative estimate of drug-likeness (QED) is 0.696. The molecule has 3 rings (SSSR count). The molecule has 6 heteroatoms. The van der Waals surface area contributed by atoms with E-state index < -0.39 is 0 Å². The van der Waals surface area contributed by atoms with Gasteiger partial charge in [0.25, 0.3) is 11.5 Å². The minimum absolute atomic E-state index is 0.191. The summed E-state index contributed by atoms with van der Waals surface area (Å²) in [7, 11) is 3.33. The minimum Gasteiger partial charge on any atom is -0.496 e. The van der Waals surface area contributed by atoms with Gasteiger partial charge in [-0.3, -0.25) is 14.6 Å². The van der Waals surface area contributed by atoms with Crippen LogP contribution in [0.3, 0.4) is 0 Å². The number of carbonyl (C=O) groups excluding carboxylic acids is 1. The number of amides is 1. The Labute approximate surface area is 176 Å². The molecule has 2 heterocycles. The van der Waals surface area contributed by atoms with Gasteiger partial charge >= 0.3 is 0 Å². The maximum atomic E-state index is 13.4. The van der Waals surface area contributed by atoms with E-state index in [1.807, 2.05) is 18.2 Å². The van der Waals surface area contributed by atoms with E-state index in [9.17, 15) is 9.59 Å². The zero-order chi connectivity index (χ0) is 21.9. The summed E-state index contributed by atoms with van der Waals surface area (Å²) in [6.45, 7) is 6.64. The van der Waals surface area contributed by atoms with Crippen LogP contribution in [-0.2, 0) is 12.0 Å². The number of carbonyl (C=O) groups is 1. The lowest BCUT2D eigenvalue weighted by molar-refractivity contribution is 0.0785. The molecule has 3 aromatic rings. The van der Waals surface area contributed by atoms with Gasteiger partial charge in [-0.25, -0.2) is 0 Å². The van der Waals surface area contributed by atoms with Crippen LogP contribution < -0.4 is 10.3 Å². The van der Waals surface area contributed by atoms with Gasteiger partial charge in [0, 0.05) is 48.9 Å². The van der Waals surface area contributed by atoms with Gasteiger partial charge in [-0.1, -0.05) is 20.8 Å². The van der Waals surface area contributed by atoms with E-state index in [0.717, 1.165) is 11.1 Å². The van der Waals surface area contributed by atoms with Crippen LogP contribution in [0.1, 0.15) is 42.3 Å². The highest BCUT2D eigenvalue weighted by Gasteiger charge is 2.26. The zero-order valence-electron chi connectivity index (χ0n) is 18.0. The van der Waals surface area contributed by atoms with Crippen molar-refractivity contribution in [2.24, 2.45) is 0 Å². The van der Waals surface area contributed by atoms with Crippen molar-refractivity contribution in [2.45, 2.75) is 32.7 Å². The lowest BCUT2D eigenvalue weighted by atomic mass is 9.83. The molecule has 30 heavy (non-hydrogen) atoms. The van der Waals surface area contributed by atoms with Crippen molar-refractivity contribution >= 4 is 5.91 Å². The smallest absolute Gasteiger partial charge is 0.255 e. The monoisotopic (exact) mass is 405 g/mol. The van der Waals surface area contributed by atoms with Crippen molar-refractivity contribution in [1.82, 2.24) is 14.9 Å². The second kappa shape index (κ2) is 8.53. The number of hydrogen-bond acceptors (Lipinski definition) is 4. The van der Waals surface area contributed by atoms with Gasteiger partial charge in [0.05, 0.1) is 12.7 Å². The molecule has 0 bridgehead atoms. The van der Waals surface area contributed by atoms with Gasteiger partial charge < -0.3 is 14.6 Å². The van der Waals surface area contributed by atoms with E-state index in [-0.39, 0.29) is 16.9 Å². The van der Waals surface area contributed by atoms with Crippen LogP contribution in [0.5, 0.6) is 5.75 Å². The van der Waals surface area contributed by atoms with Crippen molar-refractivity contribution in [3.05, 3.63) is 82.0 Å². The second-order valence-electron chi connectivity index (χ2n) is 8.28. The minimum atomic E-state index is -0.242. The second-order valence-corrected chi connectivity index (χ2v) is 8.28. The first-order chi connectivity index (χ1) is 14.2. The fourth-order valence-electron chi connectivity index (χ4n) is 3.41. The summed E-state index contributed by atoms with van der Waals surface area (Å²) in [5.41, 5.74) is 2.89. The molecule has 0 unspecified atom stereocenters. The average Bonchev–Trinajstić information content (AvgIpc) is 2.72. The van der Waals surface area contributed by atoms with Crippen LogP contribution in [0.2, 0.25) is 0 Å². The highest BCUT2D eigenvalue weighted by atomic mass is 16.5. The summed E-state index contributed by atoms with van der Waals surface area (Å²) in [6.07, 6.45) is 4.98. The number of nitrogens with one attached hydrogen (secondary N) is 1. The van der Waals surface area contributed by atoms with Crippen LogP contribution in [0.15, 0.2) is 59.8 Å². The van der Waals surface area contributed by atoms with E-state index in [0.29, 0.717) is 29.0 Å². The Morgan fingerprint density at radius 1 is 1.13 bits per heavy atom. The number of ether oxygens (including phenoxy) is 1. The summed E-state index contributed by atoms with van der Waals surface area (Å²) in [6, 6.07) is 10.9. The van der Waals surface area contributed by atoms with E-state index in [1.165, 1.54) is 0 Å². The third kappa shape index (κ3) is 4.43. The predicted octanol–water partition coefficient (Wildman–Crippen LogP) is 4.02. The van der Waals surface area contributed by atoms with Crippen LogP contribution >= 0.6 is 0 Å². The van der Waals surface area contributed by atoms with Crippen LogP contribution in [0, 0.1) is 0 Å². The number of benzene rings is 1. The Hall–Kier alpha value is -3.41. The Morgan fingerprint density at radius 2 is 1.83 bits per heavy atom. The van der Waals surface area contributed by atoms with E-state index >= 15 is 0 Å². The fraction of sp³-hybridized carbons (Fsp3) is 0.292. The first-order valence-electron chi connectivity index (χ1n) is 9.77. The normalized spacial score (nSPS) is 11.2. The third-order valence-corrected chi connectivity index (χ3v) is 5.00. The van der Waals surface area contributed by atoms with E-state index in [2.05, 4.69) is 30.7 Å². The molecule has 156 valence electrons. The van der Waals surface area contributed by atoms with Gasteiger partial charge in [0.1, 0.15) is 5.75 Å². The van der Waals surface area contributed by atoms with Crippen molar-refractivity contribution < 1.29 is 9.53 Å². The summed E-state index contributed by atoms with van der Waals surface area (Å²) < 4.78 is 5.62. The molecule has 0 aliphatic rings. The molecule has 1 N–H and O–H groups in total. The molecular formula is C24H27N3O3. The summed E-state index contributed by atoms with van der Waals surface area (Å²) in [4.78, 5) is 34.3. The number of nitrogens with zero attached hydrogens (tertiary/aromatic N) is 2. The summed E-state index contributed by atoms with van der Waals surface area (Å²) >= 11 is 0. The molecular weight excluding hydrogens is 378 g/mol. The number of aromatic amines is 1. The van der Waals surface area contributed by atoms with Crippen molar-refractivity contribution in [2.75, 3.05) is 14.2 Å². The van der Waals surface area contributed by atoms with Crippen molar-refractivity contribution in [1.29, 1.82) is 0 Å². The molecule has 0 atom stereocenters. The highest BCUT2D eigenvalue weighted by molar-refractivity contribution is 6.01. The number of hydrogen-bond donors (Lipinski definition) is 1. The standard InChI is InChI=1S/C24H27N3O3/c1-24(2,3)20-13-18(17-7-6-10-26-22(17)28)19(14-21(20)30-5)23(29)27(4)15-16-8-11-25-12-9-16/h6-14H,15H2,1-5H3,(H,26,28). The van der Waals surface area contributed by atoms with Crippen molar-refractivity contribution in [3.63, 3.8) is 0 Å². The van der Waals surface area contributed by atoms with Gasteiger partial charge in [-0.2, -0.15) is 0 Å². The third-order valence-electron chi connectivity index (χ3n) is 5.00. The number of aromatic nitrogens is 2. The Morgan fingerprint density at radius 3 is 2.43 bits per heavy atom. The van der Waals surface area contributed by atoms with Gasteiger partial charge in [0.15, 0.2) is 0 Å². The molecule has 0 saturated heterocycles. The van der Waals surface area contributed by atoms with Gasteiger partial charge in [0.2, 0.25) is 0 Å². The molecule has 0 saturated carbocycles. The largest absolute Gasteiger partial charge is 0.496 e. The van der Waals surface area contributed by atoms with Gasteiger partial charge in [-0.05, 0) is 47.4 Å². The Bertz CT molecular complexity index is 1100. The summed E-state index contributed by atoms with van der Waals surface area (Å²) in [5.74, 6) is 0.433. The van der Waals surface area contributed by atoms with Gasteiger partial charge in [-0.15, -0.1) is 0 Å². The fourth-order valence-corrected chi connectivity index (χ4v) is 3.41. The first-order valence-corrected chi connectivity index (χ1v) is 9.77. The molecule has 1 aromatic carbocycles. The topological polar surface area (TPSA) is 75.3 Å². The molecule has 0 fully saturated rings. The number of rotatable bonds is 5.